The van der Waals surface area contributed by atoms with Gasteiger partial charge in [0, 0.05) is 23.5 Å². The van der Waals surface area contributed by atoms with E-state index in [2.05, 4.69) is 4.57 Å². The molecule has 2 heterocycles. The predicted octanol–water partition coefficient (Wildman–Crippen LogP) is 4.04. The van der Waals surface area contributed by atoms with Crippen LogP contribution in [0.4, 0.5) is 4.39 Å². The first kappa shape index (κ1) is 18.1. The second-order valence-corrected chi connectivity index (χ2v) is 6.78. The fourth-order valence-corrected chi connectivity index (χ4v) is 3.83. The van der Waals surface area contributed by atoms with Crippen molar-refractivity contribution in [1.82, 2.24) is 4.57 Å². The van der Waals surface area contributed by atoms with Crippen molar-refractivity contribution >= 4 is 5.91 Å². The van der Waals surface area contributed by atoms with Gasteiger partial charge in [-0.25, -0.2) is 4.39 Å². The number of fused-ring (bicyclic) bond motifs is 1. The van der Waals surface area contributed by atoms with Crippen molar-refractivity contribution in [3.63, 3.8) is 0 Å². The van der Waals surface area contributed by atoms with Crippen LogP contribution in [0.3, 0.4) is 0 Å². The van der Waals surface area contributed by atoms with Gasteiger partial charge in [0.1, 0.15) is 5.82 Å². The van der Waals surface area contributed by atoms with E-state index in [4.69, 9.17) is 15.2 Å². The third-order valence-corrected chi connectivity index (χ3v) is 5.12. The molecular weight excluding hydrogens is 359 g/mol. The number of amides is 1. The van der Waals surface area contributed by atoms with Crippen molar-refractivity contribution in [2.75, 3.05) is 6.79 Å². The maximum absolute atomic E-state index is 13.4. The summed E-state index contributed by atoms with van der Waals surface area (Å²) in [6.07, 6.45) is 0.700. The van der Waals surface area contributed by atoms with Gasteiger partial charge < -0.3 is 19.8 Å². The van der Waals surface area contributed by atoms with Crippen LogP contribution in [0.5, 0.6) is 11.5 Å². The molecule has 0 saturated carbocycles. The van der Waals surface area contributed by atoms with Gasteiger partial charge in [0.2, 0.25) is 6.79 Å². The van der Waals surface area contributed by atoms with Crippen molar-refractivity contribution in [3.05, 3.63) is 70.8 Å². The van der Waals surface area contributed by atoms with Gasteiger partial charge in [-0.15, -0.1) is 0 Å². The Morgan fingerprint density at radius 1 is 1.14 bits per heavy atom. The minimum atomic E-state index is -0.490. The number of ether oxygens (including phenoxy) is 2. The number of nitrogens with two attached hydrogens (primary N) is 1. The molecule has 28 heavy (non-hydrogen) atoms. The highest BCUT2D eigenvalue weighted by Crippen LogP contribution is 2.36. The smallest absolute Gasteiger partial charge is 0.251 e. The van der Waals surface area contributed by atoms with Gasteiger partial charge in [0.15, 0.2) is 11.5 Å². The number of primary amides is 1. The van der Waals surface area contributed by atoms with Crippen molar-refractivity contribution in [1.29, 1.82) is 0 Å². The van der Waals surface area contributed by atoms with Crippen LogP contribution >= 0.6 is 0 Å². The fraction of sp³-hybridized carbons (Fsp3) is 0.227. The van der Waals surface area contributed by atoms with E-state index in [1.54, 1.807) is 12.1 Å². The van der Waals surface area contributed by atoms with Crippen LogP contribution < -0.4 is 15.2 Å². The van der Waals surface area contributed by atoms with Crippen LogP contribution in [0.1, 0.15) is 34.2 Å². The lowest BCUT2D eigenvalue weighted by Crippen LogP contribution is -2.13. The molecule has 144 valence electrons. The number of carbonyl (C=O) groups is 1. The van der Waals surface area contributed by atoms with Crippen LogP contribution in [0.25, 0.3) is 11.1 Å². The number of rotatable bonds is 5. The van der Waals surface area contributed by atoms with E-state index in [-0.39, 0.29) is 12.6 Å². The van der Waals surface area contributed by atoms with Gasteiger partial charge in [0.05, 0.1) is 5.56 Å². The van der Waals surface area contributed by atoms with Crippen LogP contribution in [0.2, 0.25) is 0 Å². The monoisotopic (exact) mass is 380 g/mol. The number of nitrogens with zero attached hydrogens (tertiary/aromatic N) is 1. The zero-order chi connectivity index (χ0) is 19.8. The Balaban J connectivity index is 1.84. The van der Waals surface area contributed by atoms with E-state index < -0.39 is 5.91 Å². The Morgan fingerprint density at radius 3 is 2.54 bits per heavy atom. The first-order chi connectivity index (χ1) is 13.5. The lowest BCUT2D eigenvalue weighted by Gasteiger charge is -2.12. The molecule has 0 fully saturated rings. The van der Waals surface area contributed by atoms with E-state index in [0.29, 0.717) is 24.3 Å². The molecule has 3 aromatic rings. The summed E-state index contributed by atoms with van der Waals surface area (Å²) in [5.74, 6) is 0.637. The SMILES string of the molecule is CCc1c(-c2ccc(F)cc2)c(C(N)=O)c(C)n1Cc1ccc2c(c1)OCO2. The first-order valence-corrected chi connectivity index (χ1v) is 9.15. The first-order valence-electron chi connectivity index (χ1n) is 9.15. The predicted molar refractivity (Wildman–Crippen MR) is 104 cm³/mol. The molecule has 1 aromatic heterocycles. The molecule has 1 aliphatic rings. The number of carbonyl (C=O) groups excluding carboxylic acids is 1. The summed E-state index contributed by atoms with van der Waals surface area (Å²) in [6.45, 7) is 4.71. The second-order valence-electron chi connectivity index (χ2n) is 6.78. The van der Waals surface area contributed by atoms with E-state index in [1.165, 1.54) is 12.1 Å². The maximum Gasteiger partial charge on any atom is 0.251 e. The van der Waals surface area contributed by atoms with Crippen LogP contribution in [-0.2, 0) is 13.0 Å². The summed E-state index contributed by atoms with van der Waals surface area (Å²) >= 11 is 0. The van der Waals surface area contributed by atoms with E-state index >= 15 is 0 Å². The number of hydrogen-bond acceptors (Lipinski definition) is 3. The zero-order valence-electron chi connectivity index (χ0n) is 15.8. The summed E-state index contributed by atoms with van der Waals surface area (Å²) in [5.41, 5.74) is 10.6. The molecule has 1 amide bonds. The lowest BCUT2D eigenvalue weighted by molar-refractivity contribution is 0.1000. The highest BCUT2D eigenvalue weighted by Gasteiger charge is 2.24. The molecule has 0 bridgehead atoms. The Kier molecular flexibility index (Phi) is 4.55. The lowest BCUT2D eigenvalue weighted by atomic mass is 9.99. The summed E-state index contributed by atoms with van der Waals surface area (Å²) in [5, 5.41) is 0. The van der Waals surface area contributed by atoms with Crippen molar-refractivity contribution in [2.24, 2.45) is 5.73 Å². The molecule has 0 unspecified atom stereocenters. The molecule has 0 saturated heterocycles. The number of benzene rings is 2. The maximum atomic E-state index is 13.4. The van der Waals surface area contributed by atoms with Crippen molar-refractivity contribution < 1.29 is 18.7 Å². The Hall–Kier alpha value is -3.28. The van der Waals surface area contributed by atoms with Crippen LogP contribution in [-0.4, -0.2) is 17.3 Å². The van der Waals surface area contributed by atoms with Gasteiger partial charge in [0.25, 0.3) is 5.91 Å². The number of hydrogen-bond donors (Lipinski definition) is 1. The summed E-state index contributed by atoms with van der Waals surface area (Å²) in [4.78, 5) is 12.3. The normalized spacial score (nSPS) is 12.4. The van der Waals surface area contributed by atoms with Crippen molar-refractivity contribution in [3.8, 4) is 22.6 Å². The Bertz CT molecular complexity index is 1050. The summed E-state index contributed by atoms with van der Waals surface area (Å²) < 4.78 is 26.3. The summed E-state index contributed by atoms with van der Waals surface area (Å²) in [7, 11) is 0. The van der Waals surface area contributed by atoms with Gasteiger partial charge >= 0.3 is 0 Å². The molecule has 0 spiro atoms. The van der Waals surface area contributed by atoms with Gasteiger partial charge in [-0.1, -0.05) is 25.1 Å². The molecule has 5 nitrogen and oxygen atoms in total. The minimum Gasteiger partial charge on any atom is -0.454 e. The van der Waals surface area contributed by atoms with Crippen LogP contribution in [0.15, 0.2) is 42.5 Å². The van der Waals surface area contributed by atoms with E-state index in [9.17, 15) is 9.18 Å². The largest absolute Gasteiger partial charge is 0.454 e. The molecule has 2 aromatic carbocycles. The molecule has 6 heteroatoms. The average Bonchev–Trinajstić information content (AvgIpc) is 3.25. The highest BCUT2D eigenvalue weighted by molar-refractivity contribution is 6.02. The Morgan fingerprint density at radius 2 is 1.86 bits per heavy atom. The molecule has 4 rings (SSSR count). The Labute approximate surface area is 162 Å². The summed E-state index contributed by atoms with van der Waals surface area (Å²) in [6, 6.07) is 12.0. The molecule has 0 aliphatic carbocycles. The number of aromatic nitrogens is 1. The standard InChI is InChI=1S/C22H21FN2O3/c1-3-17-21(15-5-7-16(23)8-6-15)20(22(24)26)13(2)25(17)11-14-4-9-18-19(10-14)28-12-27-18/h4-10H,3,11-12H2,1-2H3,(H2,24,26). The minimum absolute atomic E-state index is 0.224. The van der Waals surface area contributed by atoms with E-state index in [1.807, 2.05) is 32.0 Å². The van der Waals surface area contributed by atoms with E-state index in [0.717, 1.165) is 33.8 Å². The molecule has 0 radical (unpaired) electrons. The van der Waals surface area contributed by atoms with Gasteiger partial charge in [-0.2, -0.15) is 0 Å². The second kappa shape index (κ2) is 7.03. The zero-order valence-corrected chi connectivity index (χ0v) is 15.8. The third-order valence-electron chi connectivity index (χ3n) is 5.12. The molecular formula is C22H21FN2O3. The quantitative estimate of drug-likeness (QED) is 0.726. The fourth-order valence-electron chi connectivity index (χ4n) is 3.83. The molecule has 2 N–H and O–H groups in total. The average molecular weight is 380 g/mol. The van der Waals surface area contributed by atoms with Gasteiger partial charge in [-0.05, 0) is 48.7 Å². The van der Waals surface area contributed by atoms with Crippen LogP contribution in [0, 0.1) is 12.7 Å². The highest BCUT2D eigenvalue weighted by atomic mass is 19.1. The third kappa shape index (κ3) is 3.01. The molecule has 0 atom stereocenters. The van der Waals surface area contributed by atoms with Gasteiger partial charge in [-0.3, -0.25) is 4.79 Å². The number of halogens is 1. The van der Waals surface area contributed by atoms with Crippen molar-refractivity contribution in [2.45, 2.75) is 26.8 Å². The molecule has 1 aliphatic heterocycles. The topological polar surface area (TPSA) is 66.5 Å².